The molecule has 0 aliphatic heterocycles. The zero-order valence-corrected chi connectivity index (χ0v) is 11.6. The number of nitrogens with zero attached hydrogens (tertiary/aromatic N) is 2. The summed E-state index contributed by atoms with van der Waals surface area (Å²) in [7, 11) is 0. The number of rotatable bonds is 3. The second kappa shape index (κ2) is 5.81. The first-order valence-corrected chi connectivity index (χ1v) is 6.92. The molecule has 19 heavy (non-hydrogen) atoms. The molecule has 1 aromatic carbocycles. The quantitative estimate of drug-likeness (QED) is 0.578. The highest BCUT2D eigenvalue weighted by molar-refractivity contribution is 7.98. The van der Waals surface area contributed by atoms with Crippen LogP contribution in [0.1, 0.15) is 0 Å². The van der Waals surface area contributed by atoms with Crippen LogP contribution in [-0.2, 0) is 0 Å². The van der Waals surface area contributed by atoms with Crippen molar-refractivity contribution in [2.24, 2.45) is 5.73 Å². The third-order valence-electron chi connectivity index (χ3n) is 2.31. The van der Waals surface area contributed by atoms with Crippen LogP contribution in [0.25, 0.3) is 11.3 Å². The van der Waals surface area contributed by atoms with Crippen LogP contribution in [-0.4, -0.2) is 26.5 Å². The van der Waals surface area contributed by atoms with Gasteiger partial charge in [-0.2, -0.15) is 0 Å². The van der Waals surface area contributed by atoms with E-state index in [-0.39, 0.29) is 16.4 Å². The van der Waals surface area contributed by atoms with E-state index in [9.17, 15) is 4.79 Å². The molecule has 0 fully saturated rings. The van der Waals surface area contributed by atoms with Gasteiger partial charge in [0.05, 0.1) is 0 Å². The van der Waals surface area contributed by atoms with Crippen molar-refractivity contribution in [1.82, 2.24) is 15.2 Å². The molecule has 0 atom stereocenters. The summed E-state index contributed by atoms with van der Waals surface area (Å²) in [5.74, 6) is 0. The Labute approximate surface area is 118 Å². The molecule has 0 saturated heterocycles. The molecule has 1 heterocycles. The number of H-pyrrole nitrogens is 1. The molecule has 4 N–H and O–H groups in total. The van der Waals surface area contributed by atoms with Crippen LogP contribution in [0.2, 0.25) is 0 Å². The molecule has 0 aliphatic carbocycles. The van der Waals surface area contributed by atoms with E-state index in [1.54, 1.807) is 18.2 Å². The van der Waals surface area contributed by atoms with Gasteiger partial charge in [0, 0.05) is 11.3 Å². The number of aromatic amines is 1. The second-order valence-corrected chi connectivity index (χ2v) is 4.78. The highest BCUT2D eigenvalue weighted by Crippen LogP contribution is 2.23. The fourth-order valence-corrected chi connectivity index (χ4v) is 1.95. The maximum atomic E-state index is 12.0. The van der Waals surface area contributed by atoms with Crippen molar-refractivity contribution < 1.29 is 0 Å². The minimum absolute atomic E-state index is 0.123. The largest absolute Gasteiger partial charge is 0.376 e. The summed E-state index contributed by atoms with van der Waals surface area (Å²) in [5.41, 5.74) is 6.57. The normalized spacial score (nSPS) is 10.2. The van der Waals surface area contributed by atoms with Gasteiger partial charge in [-0.05, 0) is 24.5 Å². The predicted molar refractivity (Wildman–Crippen MR) is 80.3 cm³/mol. The van der Waals surface area contributed by atoms with Crippen LogP contribution in [0.5, 0.6) is 0 Å². The molecule has 0 spiro atoms. The first kappa shape index (κ1) is 13.5. The average Bonchev–Trinajstić information content (AvgIpc) is 2.39. The van der Waals surface area contributed by atoms with Gasteiger partial charge in [-0.3, -0.25) is 9.78 Å². The lowest BCUT2D eigenvalue weighted by Gasteiger charge is -2.09. The lowest BCUT2D eigenvalue weighted by Crippen LogP contribution is -2.20. The maximum absolute atomic E-state index is 12.0. The number of nitrogens with two attached hydrogens (primary N) is 1. The molecule has 2 aromatic rings. The van der Waals surface area contributed by atoms with Crippen molar-refractivity contribution >= 4 is 34.8 Å². The Morgan fingerprint density at radius 1 is 1.42 bits per heavy atom. The SMILES string of the molecule is CSc1nnc(-c2ccccc2NC(N)=S)c(=O)[nH]1. The third kappa shape index (κ3) is 3.09. The van der Waals surface area contributed by atoms with Gasteiger partial charge in [0.2, 0.25) is 0 Å². The van der Waals surface area contributed by atoms with E-state index in [1.165, 1.54) is 11.8 Å². The Kier molecular flexibility index (Phi) is 4.13. The third-order valence-corrected chi connectivity index (χ3v) is 2.98. The van der Waals surface area contributed by atoms with Gasteiger partial charge in [-0.15, -0.1) is 10.2 Å². The van der Waals surface area contributed by atoms with Crippen molar-refractivity contribution in [2.45, 2.75) is 5.16 Å². The van der Waals surface area contributed by atoms with Gasteiger partial charge < -0.3 is 11.1 Å². The van der Waals surface area contributed by atoms with Gasteiger partial charge in [0.15, 0.2) is 16.0 Å². The van der Waals surface area contributed by atoms with E-state index in [4.69, 9.17) is 18.0 Å². The van der Waals surface area contributed by atoms with Crippen LogP contribution in [0, 0.1) is 0 Å². The number of hydrogen-bond acceptors (Lipinski definition) is 5. The molecule has 0 bridgehead atoms. The molecular weight excluding hydrogens is 282 g/mol. The average molecular weight is 293 g/mol. The fourth-order valence-electron chi connectivity index (χ4n) is 1.52. The molecule has 8 heteroatoms. The van der Waals surface area contributed by atoms with E-state index in [2.05, 4.69) is 20.5 Å². The van der Waals surface area contributed by atoms with E-state index in [0.29, 0.717) is 16.4 Å². The molecule has 1 aromatic heterocycles. The first-order chi connectivity index (χ1) is 9.11. The molecule has 2 rings (SSSR count). The summed E-state index contributed by atoms with van der Waals surface area (Å²) >= 11 is 6.12. The molecule has 0 amide bonds. The number of aromatic nitrogens is 3. The summed E-state index contributed by atoms with van der Waals surface area (Å²) in [4.78, 5) is 14.6. The standard InChI is InChI=1S/C11H11N5OS2/c1-19-11-14-9(17)8(15-16-11)6-4-2-3-5-7(6)13-10(12)18/h2-5H,1H3,(H3,12,13,18)(H,14,16,17). The fraction of sp³-hybridized carbons (Fsp3) is 0.0909. The molecule has 0 unspecified atom stereocenters. The van der Waals surface area contributed by atoms with Crippen molar-refractivity contribution in [1.29, 1.82) is 0 Å². The van der Waals surface area contributed by atoms with E-state index < -0.39 is 0 Å². The van der Waals surface area contributed by atoms with Crippen LogP contribution >= 0.6 is 24.0 Å². The van der Waals surface area contributed by atoms with Crippen LogP contribution < -0.4 is 16.6 Å². The first-order valence-electron chi connectivity index (χ1n) is 5.28. The lowest BCUT2D eigenvalue weighted by molar-refractivity contribution is 0.826. The Morgan fingerprint density at radius 3 is 2.79 bits per heavy atom. The molecular formula is C11H11N5OS2. The molecule has 0 saturated carbocycles. The summed E-state index contributed by atoms with van der Waals surface area (Å²) < 4.78 is 0. The summed E-state index contributed by atoms with van der Waals surface area (Å²) in [6.45, 7) is 0. The number of hydrogen-bond donors (Lipinski definition) is 3. The highest BCUT2D eigenvalue weighted by Gasteiger charge is 2.11. The maximum Gasteiger partial charge on any atom is 0.278 e. The number of benzene rings is 1. The van der Waals surface area contributed by atoms with E-state index in [0.717, 1.165) is 0 Å². The smallest absolute Gasteiger partial charge is 0.278 e. The van der Waals surface area contributed by atoms with Crippen molar-refractivity contribution in [3.63, 3.8) is 0 Å². The summed E-state index contributed by atoms with van der Waals surface area (Å²) in [6, 6.07) is 7.11. The Balaban J connectivity index is 2.53. The van der Waals surface area contributed by atoms with Gasteiger partial charge in [0.25, 0.3) is 5.56 Å². The highest BCUT2D eigenvalue weighted by atomic mass is 32.2. The Bertz CT molecular complexity index is 670. The van der Waals surface area contributed by atoms with Crippen molar-refractivity contribution in [3.05, 3.63) is 34.6 Å². The number of para-hydroxylation sites is 1. The predicted octanol–water partition coefficient (Wildman–Crippen LogP) is 1.21. The molecule has 98 valence electrons. The van der Waals surface area contributed by atoms with Crippen molar-refractivity contribution in [2.75, 3.05) is 11.6 Å². The zero-order chi connectivity index (χ0) is 13.8. The minimum atomic E-state index is -0.309. The van der Waals surface area contributed by atoms with Gasteiger partial charge >= 0.3 is 0 Å². The molecule has 0 aliphatic rings. The summed E-state index contributed by atoms with van der Waals surface area (Å²) in [6.07, 6.45) is 1.81. The topological polar surface area (TPSA) is 96.7 Å². The van der Waals surface area contributed by atoms with E-state index in [1.807, 2.05) is 12.3 Å². The summed E-state index contributed by atoms with van der Waals surface area (Å²) in [5, 5.41) is 11.3. The zero-order valence-electron chi connectivity index (χ0n) is 10.0. The monoisotopic (exact) mass is 293 g/mol. The lowest BCUT2D eigenvalue weighted by atomic mass is 10.1. The van der Waals surface area contributed by atoms with Crippen LogP contribution in [0.4, 0.5) is 5.69 Å². The van der Waals surface area contributed by atoms with Crippen molar-refractivity contribution in [3.8, 4) is 11.3 Å². The number of anilines is 1. The second-order valence-electron chi connectivity index (χ2n) is 3.55. The van der Waals surface area contributed by atoms with Gasteiger partial charge in [-0.1, -0.05) is 30.0 Å². The Hall–Kier alpha value is -1.93. The molecule has 0 radical (unpaired) electrons. The van der Waals surface area contributed by atoms with Crippen LogP contribution in [0.3, 0.4) is 0 Å². The van der Waals surface area contributed by atoms with Gasteiger partial charge in [-0.25, -0.2) is 0 Å². The number of thioether (sulfide) groups is 1. The Morgan fingerprint density at radius 2 is 2.16 bits per heavy atom. The number of nitrogens with one attached hydrogen (secondary N) is 2. The minimum Gasteiger partial charge on any atom is -0.376 e. The van der Waals surface area contributed by atoms with Gasteiger partial charge in [0.1, 0.15) is 0 Å². The molecule has 6 nitrogen and oxygen atoms in total. The van der Waals surface area contributed by atoms with E-state index >= 15 is 0 Å². The number of thiocarbonyl (C=S) groups is 1. The van der Waals surface area contributed by atoms with Crippen LogP contribution in [0.15, 0.2) is 34.2 Å².